The molecule has 3 rings (SSSR count). The number of carbonyl (C=O) groups is 1. The van der Waals surface area contributed by atoms with E-state index in [1.807, 2.05) is 11.1 Å². The van der Waals surface area contributed by atoms with Crippen molar-refractivity contribution < 1.29 is 14.3 Å². The topological polar surface area (TPSA) is 51.1 Å². The summed E-state index contributed by atoms with van der Waals surface area (Å²) in [6.07, 6.45) is 5.06. The second kappa shape index (κ2) is 5.15. The van der Waals surface area contributed by atoms with Gasteiger partial charge in [-0.1, -0.05) is 0 Å². The molecule has 1 saturated heterocycles. The SMILES string of the molecule is COc1cc2c(cc1OC)C(=O)N1CCCC[C@H]1C=N2. The van der Waals surface area contributed by atoms with Crippen LogP contribution in [0.15, 0.2) is 17.1 Å². The van der Waals surface area contributed by atoms with Gasteiger partial charge in [0.1, 0.15) is 0 Å². The fraction of sp³-hybridized carbons (Fsp3) is 0.467. The highest BCUT2D eigenvalue weighted by Crippen LogP contribution is 2.37. The van der Waals surface area contributed by atoms with Crippen molar-refractivity contribution in [3.63, 3.8) is 0 Å². The number of piperidine rings is 1. The van der Waals surface area contributed by atoms with Crippen molar-refractivity contribution in [2.45, 2.75) is 25.3 Å². The number of hydrogen-bond acceptors (Lipinski definition) is 4. The molecule has 0 bridgehead atoms. The van der Waals surface area contributed by atoms with Gasteiger partial charge >= 0.3 is 0 Å². The van der Waals surface area contributed by atoms with E-state index < -0.39 is 0 Å². The van der Waals surface area contributed by atoms with Crippen LogP contribution in [-0.4, -0.2) is 43.8 Å². The van der Waals surface area contributed by atoms with E-state index in [1.165, 1.54) is 0 Å². The van der Waals surface area contributed by atoms with Crippen molar-refractivity contribution in [2.75, 3.05) is 20.8 Å². The third-order valence-corrected chi connectivity index (χ3v) is 3.93. The number of benzene rings is 1. The van der Waals surface area contributed by atoms with Gasteiger partial charge in [0.05, 0.1) is 31.5 Å². The first-order chi connectivity index (χ1) is 9.74. The van der Waals surface area contributed by atoms with Crippen molar-refractivity contribution in [2.24, 2.45) is 4.99 Å². The minimum absolute atomic E-state index is 0.0307. The van der Waals surface area contributed by atoms with Crippen molar-refractivity contribution in [3.8, 4) is 11.5 Å². The molecule has 0 aliphatic carbocycles. The molecule has 0 radical (unpaired) electrons. The third kappa shape index (κ3) is 2.03. The van der Waals surface area contributed by atoms with E-state index in [2.05, 4.69) is 4.99 Å². The first-order valence-electron chi connectivity index (χ1n) is 6.85. The Bertz CT molecular complexity index is 568. The molecule has 2 aliphatic heterocycles. The Morgan fingerprint density at radius 3 is 2.70 bits per heavy atom. The first-order valence-corrected chi connectivity index (χ1v) is 6.85. The van der Waals surface area contributed by atoms with Crippen LogP contribution in [0.5, 0.6) is 11.5 Å². The molecule has 20 heavy (non-hydrogen) atoms. The summed E-state index contributed by atoms with van der Waals surface area (Å²) in [5.41, 5.74) is 1.24. The molecule has 0 spiro atoms. The van der Waals surface area contributed by atoms with E-state index in [-0.39, 0.29) is 11.9 Å². The molecule has 0 unspecified atom stereocenters. The van der Waals surface area contributed by atoms with E-state index in [0.29, 0.717) is 22.7 Å². The summed E-state index contributed by atoms with van der Waals surface area (Å²) in [4.78, 5) is 19.1. The average Bonchev–Trinajstić information content (AvgIpc) is 2.64. The van der Waals surface area contributed by atoms with E-state index in [4.69, 9.17) is 9.47 Å². The van der Waals surface area contributed by atoms with Crippen molar-refractivity contribution in [3.05, 3.63) is 17.7 Å². The van der Waals surface area contributed by atoms with Gasteiger partial charge in [0.2, 0.25) is 0 Å². The van der Waals surface area contributed by atoms with Crippen LogP contribution in [0.3, 0.4) is 0 Å². The molecule has 1 amide bonds. The maximum atomic E-state index is 12.7. The van der Waals surface area contributed by atoms with Gasteiger partial charge in [0.25, 0.3) is 5.91 Å². The van der Waals surface area contributed by atoms with Gasteiger partial charge in [-0.05, 0) is 25.3 Å². The maximum Gasteiger partial charge on any atom is 0.256 e. The summed E-state index contributed by atoms with van der Waals surface area (Å²) in [5.74, 6) is 1.18. The molecular weight excluding hydrogens is 256 g/mol. The van der Waals surface area contributed by atoms with Gasteiger partial charge in [-0.25, -0.2) is 0 Å². The zero-order valence-corrected chi connectivity index (χ0v) is 11.8. The number of amides is 1. The zero-order valence-electron chi connectivity index (χ0n) is 11.8. The molecule has 2 aliphatic rings. The van der Waals surface area contributed by atoms with Gasteiger partial charge in [0.15, 0.2) is 11.5 Å². The summed E-state index contributed by atoms with van der Waals surface area (Å²) in [5, 5.41) is 0. The van der Waals surface area contributed by atoms with Crippen LogP contribution in [0.2, 0.25) is 0 Å². The Labute approximate surface area is 118 Å². The lowest BCUT2D eigenvalue weighted by Gasteiger charge is -2.32. The first kappa shape index (κ1) is 13.0. The number of nitrogens with zero attached hydrogens (tertiary/aromatic N) is 2. The molecule has 1 atom stereocenters. The normalized spacial score (nSPS) is 21.0. The fourth-order valence-corrected chi connectivity index (χ4v) is 2.83. The minimum atomic E-state index is 0.0307. The Morgan fingerprint density at radius 1 is 1.20 bits per heavy atom. The number of aliphatic imine (C=N–C) groups is 1. The zero-order chi connectivity index (χ0) is 14.1. The smallest absolute Gasteiger partial charge is 0.256 e. The molecule has 1 fully saturated rings. The van der Waals surface area contributed by atoms with Gasteiger partial charge in [-0.3, -0.25) is 9.79 Å². The lowest BCUT2D eigenvalue weighted by molar-refractivity contribution is 0.0688. The van der Waals surface area contributed by atoms with Crippen LogP contribution in [0.4, 0.5) is 5.69 Å². The van der Waals surface area contributed by atoms with Gasteiger partial charge < -0.3 is 14.4 Å². The van der Waals surface area contributed by atoms with Crippen LogP contribution < -0.4 is 9.47 Å². The largest absolute Gasteiger partial charge is 0.493 e. The Morgan fingerprint density at radius 2 is 1.95 bits per heavy atom. The van der Waals surface area contributed by atoms with Gasteiger partial charge in [0, 0.05) is 18.8 Å². The van der Waals surface area contributed by atoms with Crippen molar-refractivity contribution in [1.29, 1.82) is 0 Å². The molecule has 1 aromatic rings. The quantitative estimate of drug-likeness (QED) is 0.832. The van der Waals surface area contributed by atoms with Crippen LogP contribution >= 0.6 is 0 Å². The van der Waals surface area contributed by atoms with Crippen LogP contribution in [0.1, 0.15) is 29.6 Å². The molecule has 0 N–H and O–H groups in total. The highest BCUT2D eigenvalue weighted by Gasteiger charge is 2.30. The van der Waals surface area contributed by atoms with E-state index in [9.17, 15) is 4.79 Å². The van der Waals surface area contributed by atoms with Crippen molar-refractivity contribution in [1.82, 2.24) is 4.90 Å². The molecule has 0 aromatic heterocycles. The Kier molecular flexibility index (Phi) is 3.34. The molecule has 2 heterocycles. The van der Waals surface area contributed by atoms with E-state index in [1.54, 1.807) is 26.4 Å². The Hall–Kier alpha value is -2.04. The second-order valence-electron chi connectivity index (χ2n) is 5.06. The second-order valence-corrected chi connectivity index (χ2v) is 5.06. The maximum absolute atomic E-state index is 12.7. The standard InChI is InChI=1S/C15H18N2O3/c1-19-13-7-11-12(8-14(13)20-2)16-9-10-5-3-4-6-17(10)15(11)18/h7-10H,3-6H2,1-2H3/t10-/m0/s1. The molecule has 5 heteroatoms. The molecule has 106 valence electrons. The van der Waals surface area contributed by atoms with Crippen LogP contribution in [0, 0.1) is 0 Å². The third-order valence-electron chi connectivity index (χ3n) is 3.93. The van der Waals surface area contributed by atoms with Crippen molar-refractivity contribution >= 4 is 17.8 Å². The minimum Gasteiger partial charge on any atom is -0.493 e. The van der Waals surface area contributed by atoms with Gasteiger partial charge in [-0.2, -0.15) is 0 Å². The highest BCUT2D eigenvalue weighted by atomic mass is 16.5. The average molecular weight is 274 g/mol. The number of ether oxygens (including phenoxy) is 2. The lowest BCUT2D eigenvalue weighted by Crippen LogP contribution is -2.43. The summed E-state index contributed by atoms with van der Waals surface area (Å²) < 4.78 is 10.6. The van der Waals surface area contributed by atoms with Crippen LogP contribution in [0.25, 0.3) is 0 Å². The van der Waals surface area contributed by atoms with Gasteiger partial charge in [-0.15, -0.1) is 0 Å². The predicted octanol–water partition coefficient (Wildman–Crippen LogP) is 2.41. The summed E-state index contributed by atoms with van der Waals surface area (Å²) in [7, 11) is 3.15. The summed E-state index contributed by atoms with van der Waals surface area (Å²) in [6.45, 7) is 0.795. The number of hydrogen-bond donors (Lipinski definition) is 0. The number of rotatable bonds is 2. The molecule has 5 nitrogen and oxygen atoms in total. The lowest BCUT2D eigenvalue weighted by atomic mass is 10.0. The number of carbonyl (C=O) groups excluding carboxylic acids is 1. The van der Waals surface area contributed by atoms with Crippen LogP contribution in [-0.2, 0) is 0 Å². The summed E-state index contributed by atoms with van der Waals surface area (Å²) >= 11 is 0. The molecule has 1 aromatic carbocycles. The molecular formula is C15H18N2O3. The Balaban J connectivity index is 2.08. The number of methoxy groups -OCH3 is 2. The number of fused-ring (bicyclic) bond motifs is 2. The predicted molar refractivity (Wildman–Crippen MR) is 76.4 cm³/mol. The summed E-state index contributed by atoms with van der Waals surface area (Å²) in [6, 6.07) is 3.60. The highest BCUT2D eigenvalue weighted by molar-refractivity contribution is 6.03. The van der Waals surface area contributed by atoms with E-state index >= 15 is 0 Å². The molecule has 0 saturated carbocycles. The monoisotopic (exact) mass is 274 g/mol. The van der Waals surface area contributed by atoms with E-state index in [0.717, 1.165) is 25.8 Å². The fourth-order valence-electron chi connectivity index (χ4n) is 2.83.